The van der Waals surface area contributed by atoms with Gasteiger partial charge in [0.15, 0.2) is 5.16 Å². The second-order valence-electron chi connectivity index (χ2n) is 3.42. The number of aromatic nitrogens is 5. The third kappa shape index (κ3) is 2.56. The van der Waals surface area contributed by atoms with E-state index in [1.54, 1.807) is 0 Å². The van der Waals surface area contributed by atoms with Gasteiger partial charge >= 0.3 is 5.69 Å². The van der Waals surface area contributed by atoms with Crippen LogP contribution in [0.1, 0.15) is 13.3 Å². The van der Waals surface area contributed by atoms with Gasteiger partial charge in [0.2, 0.25) is 0 Å². The summed E-state index contributed by atoms with van der Waals surface area (Å²) in [5, 5.41) is 7.25. The summed E-state index contributed by atoms with van der Waals surface area (Å²) in [7, 11) is 0. The number of rotatable bonds is 4. The lowest BCUT2D eigenvalue weighted by molar-refractivity contribution is 0.603. The minimum absolute atomic E-state index is 0.264. The summed E-state index contributed by atoms with van der Waals surface area (Å²) in [6, 6.07) is 0. The summed E-state index contributed by atoms with van der Waals surface area (Å²) < 4.78 is 1.84. The smallest absolute Gasteiger partial charge is 0.312 e. The van der Waals surface area contributed by atoms with Crippen molar-refractivity contribution < 1.29 is 0 Å². The van der Waals surface area contributed by atoms with Crippen LogP contribution in [0.25, 0.3) is 0 Å². The lowest BCUT2D eigenvalue weighted by Crippen LogP contribution is -2.17. The van der Waals surface area contributed by atoms with Crippen LogP contribution in [-0.2, 0) is 6.54 Å². The number of nitrogens with zero attached hydrogens (tertiary/aromatic N) is 3. The van der Waals surface area contributed by atoms with Gasteiger partial charge in [0.1, 0.15) is 9.50 Å². The highest BCUT2D eigenvalue weighted by Crippen LogP contribution is 2.27. The van der Waals surface area contributed by atoms with Crippen LogP contribution in [0, 0.1) is 0 Å². The Kier molecular flexibility index (Phi) is 4.02. The quantitative estimate of drug-likeness (QED) is 0.814. The van der Waals surface area contributed by atoms with Crippen molar-refractivity contribution >= 4 is 27.7 Å². The van der Waals surface area contributed by atoms with Gasteiger partial charge in [-0.1, -0.05) is 6.92 Å². The van der Waals surface area contributed by atoms with E-state index in [1.807, 2.05) is 6.92 Å². The molecule has 0 amide bonds. The van der Waals surface area contributed by atoms with Crippen LogP contribution < -0.4 is 11.2 Å². The molecule has 9 heteroatoms. The van der Waals surface area contributed by atoms with E-state index in [-0.39, 0.29) is 11.2 Å². The van der Waals surface area contributed by atoms with Crippen molar-refractivity contribution in [3.8, 4) is 0 Å². The number of hydrogen-bond acceptors (Lipinski definition) is 5. The molecule has 2 N–H and O–H groups in total. The average molecular weight is 332 g/mol. The number of hydrogen-bond donors (Lipinski definition) is 2. The Bertz CT molecular complexity index is 661. The second kappa shape index (κ2) is 5.53. The fourth-order valence-corrected chi connectivity index (χ4v) is 2.62. The van der Waals surface area contributed by atoms with E-state index in [0.717, 1.165) is 18.2 Å². The molecule has 0 unspecified atom stereocenters. The van der Waals surface area contributed by atoms with Gasteiger partial charge in [-0.2, -0.15) is 0 Å². The summed E-state index contributed by atoms with van der Waals surface area (Å²) in [4.78, 5) is 29.4. The molecule has 0 saturated carbocycles. The largest absolute Gasteiger partial charge is 0.343 e. The van der Waals surface area contributed by atoms with Crippen molar-refractivity contribution in [3.05, 3.63) is 31.6 Å². The summed E-state index contributed by atoms with van der Waals surface area (Å²) in [5.74, 6) is 0. The first-order chi connectivity index (χ1) is 8.63. The first-order valence-electron chi connectivity index (χ1n) is 5.19. The molecule has 0 aromatic carbocycles. The lowest BCUT2D eigenvalue weighted by atomic mass is 10.5. The van der Waals surface area contributed by atoms with Crippen LogP contribution in [0.15, 0.2) is 30.6 Å². The fraction of sp³-hybridized carbons (Fsp3) is 0.333. The topological polar surface area (TPSA) is 96.4 Å². The highest BCUT2D eigenvalue weighted by atomic mass is 79.9. The normalized spacial score (nSPS) is 10.8. The summed E-state index contributed by atoms with van der Waals surface area (Å²) in [6.07, 6.45) is 2.13. The van der Waals surface area contributed by atoms with E-state index in [2.05, 4.69) is 36.1 Å². The molecular formula is C9H10BrN5O2S. The minimum atomic E-state index is -0.271. The molecule has 2 rings (SSSR count). The maximum atomic E-state index is 11.5. The zero-order valence-corrected chi connectivity index (χ0v) is 11.8. The molecule has 2 aromatic rings. The summed E-state index contributed by atoms with van der Waals surface area (Å²) in [5.41, 5.74) is -0.535. The van der Waals surface area contributed by atoms with Crippen LogP contribution in [0.3, 0.4) is 0 Å². The van der Waals surface area contributed by atoms with Gasteiger partial charge in [-0.15, -0.1) is 5.10 Å². The predicted octanol–water partition coefficient (Wildman–Crippen LogP) is 0.978. The fourth-order valence-electron chi connectivity index (χ4n) is 1.33. The van der Waals surface area contributed by atoms with Crippen molar-refractivity contribution in [1.82, 2.24) is 24.7 Å². The standard InChI is InChI=1S/C9H10BrN5O2S/c1-2-3-15-8(17)13-14-9(15)18-7-5(10)6(16)11-4-12-7/h4H,2-3H2,1H3,(H,13,17)(H,11,12,16). The van der Waals surface area contributed by atoms with Gasteiger partial charge in [-0.3, -0.25) is 9.36 Å². The third-order valence-corrected chi connectivity index (χ3v) is 4.12. The Morgan fingerprint density at radius 3 is 3.00 bits per heavy atom. The van der Waals surface area contributed by atoms with Crippen LogP contribution in [0.5, 0.6) is 0 Å². The Morgan fingerprint density at radius 1 is 1.50 bits per heavy atom. The Balaban J connectivity index is 2.37. The maximum Gasteiger partial charge on any atom is 0.343 e. The van der Waals surface area contributed by atoms with Gasteiger partial charge in [-0.05, 0) is 34.1 Å². The molecule has 0 saturated heterocycles. The van der Waals surface area contributed by atoms with E-state index in [9.17, 15) is 9.59 Å². The highest BCUT2D eigenvalue weighted by Gasteiger charge is 2.13. The van der Waals surface area contributed by atoms with E-state index >= 15 is 0 Å². The number of H-pyrrole nitrogens is 2. The molecule has 0 aliphatic heterocycles. The lowest BCUT2D eigenvalue weighted by Gasteiger charge is -2.03. The van der Waals surface area contributed by atoms with Crippen LogP contribution in [0.4, 0.5) is 0 Å². The molecule has 18 heavy (non-hydrogen) atoms. The van der Waals surface area contributed by atoms with E-state index in [1.165, 1.54) is 10.9 Å². The van der Waals surface area contributed by atoms with Crippen molar-refractivity contribution in [2.45, 2.75) is 30.1 Å². The van der Waals surface area contributed by atoms with E-state index in [0.29, 0.717) is 21.2 Å². The molecule has 0 aliphatic rings. The zero-order valence-electron chi connectivity index (χ0n) is 9.44. The Hall–Kier alpha value is -1.35. The Morgan fingerprint density at radius 2 is 2.28 bits per heavy atom. The SMILES string of the molecule is CCCn1c(Sc2nc[nH]c(=O)c2Br)n[nH]c1=O. The summed E-state index contributed by atoms with van der Waals surface area (Å²) in [6.45, 7) is 2.54. The molecule has 2 heterocycles. The second-order valence-corrected chi connectivity index (χ2v) is 5.16. The van der Waals surface area contributed by atoms with Crippen molar-refractivity contribution in [1.29, 1.82) is 0 Å². The van der Waals surface area contributed by atoms with E-state index < -0.39 is 0 Å². The molecule has 0 aliphatic carbocycles. The van der Waals surface area contributed by atoms with Gasteiger partial charge in [0.05, 0.1) is 6.33 Å². The Labute approximate surface area is 114 Å². The van der Waals surface area contributed by atoms with Crippen LogP contribution in [-0.4, -0.2) is 24.7 Å². The van der Waals surface area contributed by atoms with Crippen LogP contribution >= 0.6 is 27.7 Å². The summed E-state index contributed by atoms with van der Waals surface area (Å²) >= 11 is 4.31. The predicted molar refractivity (Wildman–Crippen MR) is 69.8 cm³/mol. The van der Waals surface area contributed by atoms with Gasteiger partial charge in [-0.25, -0.2) is 14.9 Å². The third-order valence-electron chi connectivity index (χ3n) is 2.12. The number of halogens is 1. The van der Waals surface area contributed by atoms with Crippen molar-refractivity contribution in [3.63, 3.8) is 0 Å². The first kappa shape index (κ1) is 13.1. The van der Waals surface area contributed by atoms with Gasteiger partial charge in [0.25, 0.3) is 5.56 Å². The molecule has 96 valence electrons. The minimum Gasteiger partial charge on any atom is -0.312 e. The average Bonchev–Trinajstić information content (AvgIpc) is 2.68. The molecule has 0 bridgehead atoms. The molecular weight excluding hydrogens is 322 g/mol. The monoisotopic (exact) mass is 331 g/mol. The first-order valence-corrected chi connectivity index (χ1v) is 6.80. The molecule has 0 spiro atoms. The van der Waals surface area contributed by atoms with Crippen LogP contribution in [0.2, 0.25) is 0 Å². The molecule has 7 nitrogen and oxygen atoms in total. The highest BCUT2D eigenvalue weighted by molar-refractivity contribution is 9.10. The molecule has 0 atom stereocenters. The van der Waals surface area contributed by atoms with Gasteiger partial charge < -0.3 is 4.98 Å². The molecule has 0 fully saturated rings. The van der Waals surface area contributed by atoms with Crippen molar-refractivity contribution in [2.24, 2.45) is 0 Å². The molecule has 0 radical (unpaired) electrons. The van der Waals surface area contributed by atoms with Crippen molar-refractivity contribution in [2.75, 3.05) is 0 Å². The van der Waals surface area contributed by atoms with Gasteiger partial charge in [0, 0.05) is 6.54 Å². The number of aromatic amines is 2. The van der Waals surface area contributed by atoms with E-state index in [4.69, 9.17) is 0 Å². The number of nitrogens with one attached hydrogen (secondary N) is 2. The zero-order chi connectivity index (χ0) is 13.1. The molecule has 2 aromatic heterocycles. The maximum absolute atomic E-state index is 11.5.